The lowest BCUT2D eigenvalue weighted by Gasteiger charge is -2.12. The number of para-hydroxylation sites is 1. The number of benzene rings is 2. The first-order chi connectivity index (χ1) is 14.6. The third-order valence-corrected chi connectivity index (χ3v) is 4.90. The predicted octanol–water partition coefficient (Wildman–Crippen LogP) is 4.47. The summed E-state index contributed by atoms with van der Waals surface area (Å²) in [6, 6.07) is 17.0. The number of carbonyl (C=O) groups excluding carboxylic acids is 3. The van der Waals surface area contributed by atoms with Gasteiger partial charge in [-0.05, 0) is 54.3 Å². The van der Waals surface area contributed by atoms with Crippen molar-refractivity contribution in [2.45, 2.75) is 13.5 Å². The molecule has 0 atom stereocenters. The fourth-order valence-electron chi connectivity index (χ4n) is 2.58. The fraction of sp³-hybridized carbons (Fsp3) is 0.136. The van der Waals surface area contributed by atoms with Crippen molar-refractivity contribution >= 4 is 35.0 Å². The number of rotatable bonds is 7. The average molecular weight is 424 g/mol. The number of hydrogen-bond donors (Lipinski definition) is 2. The molecule has 154 valence electrons. The number of hydrogen-bond acceptors (Lipinski definition) is 6. The zero-order valence-electron chi connectivity index (χ0n) is 16.2. The molecule has 7 nitrogen and oxygen atoms in total. The predicted molar refractivity (Wildman–Crippen MR) is 114 cm³/mol. The van der Waals surface area contributed by atoms with Crippen molar-refractivity contribution in [3.63, 3.8) is 0 Å². The monoisotopic (exact) mass is 424 g/mol. The van der Waals surface area contributed by atoms with Crippen LogP contribution in [-0.2, 0) is 11.3 Å². The zero-order chi connectivity index (χ0) is 21.3. The molecule has 3 aromatic rings. The summed E-state index contributed by atoms with van der Waals surface area (Å²) in [5.74, 6) is -0.204. The summed E-state index contributed by atoms with van der Waals surface area (Å²) < 4.78 is 9.67. The molecule has 1 heterocycles. The van der Waals surface area contributed by atoms with E-state index < -0.39 is 6.16 Å². The van der Waals surface area contributed by atoms with Crippen molar-refractivity contribution < 1.29 is 23.9 Å². The summed E-state index contributed by atoms with van der Waals surface area (Å²) >= 11 is 1.36. The van der Waals surface area contributed by atoms with Gasteiger partial charge in [0.2, 0.25) is 0 Å². The van der Waals surface area contributed by atoms with Crippen LogP contribution in [0.4, 0.5) is 10.5 Å². The van der Waals surface area contributed by atoms with E-state index >= 15 is 0 Å². The van der Waals surface area contributed by atoms with E-state index in [1.54, 1.807) is 31.2 Å². The molecule has 2 aromatic carbocycles. The molecule has 1 aromatic heterocycles. The maximum Gasteiger partial charge on any atom is 0.513 e. The molecule has 0 aliphatic carbocycles. The van der Waals surface area contributed by atoms with E-state index in [4.69, 9.17) is 9.47 Å². The number of ether oxygens (including phenoxy) is 2. The summed E-state index contributed by atoms with van der Waals surface area (Å²) in [5, 5.41) is 7.53. The first-order valence-electron chi connectivity index (χ1n) is 9.22. The van der Waals surface area contributed by atoms with E-state index in [0.717, 1.165) is 5.56 Å². The molecular weight excluding hydrogens is 404 g/mol. The van der Waals surface area contributed by atoms with Gasteiger partial charge in [-0.2, -0.15) is 0 Å². The topological polar surface area (TPSA) is 93.7 Å². The lowest BCUT2D eigenvalue weighted by Crippen LogP contribution is -2.23. The Hall–Kier alpha value is -3.65. The standard InChI is InChI=1S/C22H20N2O5S/c1-2-28-22(27)29-17-11-9-15(10-12-17)20(25)23-14-16-6-3-4-7-18(16)24-21(26)19-8-5-13-30-19/h3-13H,2,14H2,1H3,(H,23,25)(H,24,26). The highest BCUT2D eigenvalue weighted by atomic mass is 32.1. The maximum absolute atomic E-state index is 12.4. The van der Waals surface area contributed by atoms with Crippen molar-refractivity contribution in [2.24, 2.45) is 0 Å². The number of amides is 2. The van der Waals surface area contributed by atoms with E-state index in [2.05, 4.69) is 10.6 Å². The van der Waals surface area contributed by atoms with Crippen LogP contribution in [0.1, 0.15) is 32.5 Å². The largest absolute Gasteiger partial charge is 0.513 e. The van der Waals surface area contributed by atoms with Crippen LogP contribution in [0.3, 0.4) is 0 Å². The molecule has 2 amide bonds. The summed E-state index contributed by atoms with van der Waals surface area (Å²) in [6.07, 6.45) is -0.795. The Morgan fingerprint density at radius 1 is 0.933 bits per heavy atom. The van der Waals surface area contributed by atoms with E-state index in [-0.39, 0.29) is 30.7 Å². The smallest absolute Gasteiger partial charge is 0.434 e. The van der Waals surface area contributed by atoms with E-state index in [1.807, 2.05) is 29.6 Å². The second-order valence-corrected chi connectivity index (χ2v) is 7.03. The lowest BCUT2D eigenvalue weighted by molar-refractivity contribution is 0.0950. The van der Waals surface area contributed by atoms with E-state index in [9.17, 15) is 14.4 Å². The van der Waals surface area contributed by atoms with Gasteiger partial charge in [-0.3, -0.25) is 9.59 Å². The minimum atomic E-state index is -0.795. The Morgan fingerprint density at radius 3 is 2.40 bits per heavy atom. The third-order valence-electron chi connectivity index (χ3n) is 4.03. The minimum absolute atomic E-state index is 0.194. The van der Waals surface area contributed by atoms with Gasteiger partial charge in [-0.15, -0.1) is 11.3 Å². The van der Waals surface area contributed by atoms with E-state index in [0.29, 0.717) is 16.1 Å². The van der Waals surface area contributed by atoms with Crippen LogP contribution in [0.2, 0.25) is 0 Å². The van der Waals surface area contributed by atoms with Crippen molar-refractivity contribution in [3.05, 3.63) is 82.0 Å². The van der Waals surface area contributed by atoms with Crippen molar-refractivity contribution in [3.8, 4) is 5.75 Å². The molecule has 0 saturated carbocycles. The Balaban J connectivity index is 1.59. The summed E-state index contributed by atoms with van der Waals surface area (Å²) in [5.41, 5.74) is 1.82. The Kier molecular flexibility index (Phi) is 7.18. The summed E-state index contributed by atoms with van der Waals surface area (Å²) in [6.45, 7) is 2.13. The third kappa shape index (κ3) is 5.68. The molecule has 0 aliphatic heterocycles. The van der Waals surface area contributed by atoms with Crippen LogP contribution in [0.25, 0.3) is 0 Å². The second-order valence-electron chi connectivity index (χ2n) is 6.08. The van der Waals surface area contributed by atoms with Gasteiger partial charge in [0.25, 0.3) is 11.8 Å². The van der Waals surface area contributed by atoms with Crippen LogP contribution in [-0.4, -0.2) is 24.6 Å². The van der Waals surface area contributed by atoms with Gasteiger partial charge in [0.15, 0.2) is 0 Å². The molecule has 0 bridgehead atoms. The van der Waals surface area contributed by atoms with Crippen molar-refractivity contribution in [1.82, 2.24) is 5.32 Å². The molecule has 30 heavy (non-hydrogen) atoms. The molecule has 0 aliphatic rings. The maximum atomic E-state index is 12.4. The highest BCUT2D eigenvalue weighted by Crippen LogP contribution is 2.18. The van der Waals surface area contributed by atoms with Gasteiger partial charge in [-0.1, -0.05) is 24.3 Å². The van der Waals surface area contributed by atoms with Gasteiger partial charge in [0.1, 0.15) is 5.75 Å². The summed E-state index contributed by atoms with van der Waals surface area (Å²) in [7, 11) is 0. The molecule has 8 heteroatoms. The molecule has 0 radical (unpaired) electrons. The van der Waals surface area contributed by atoms with Crippen LogP contribution in [0, 0.1) is 0 Å². The Bertz CT molecular complexity index is 1020. The van der Waals surface area contributed by atoms with Crippen molar-refractivity contribution in [2.75, 3.05) is 11.9 Å². The molecule has 0 saturated heterocycles. The highest BCUT2D eigenvalue weighted by Gasteiger charge is 2.12. The van der Waals surface area contributed by atoms with Gasteiger partial charge < -0.3 is 20.1 Å². The molecule has 0 fully saturated rings. The van der Waals surface area contributed by atoms with Crippen molar-refractivity contribution in [1.29, 1.82) is 0 Å². The lowest BCUT2D eigenvalue weighted by atomic mass is 10.1. The zero-order valence-corrected chi connectivity index (χ0v) is 17.0. The summed E-state index contributed by atoms with van der Waals surface area (Å²) in [4.78, 5) is 36.7. The number of carbonyl (C=O) groups is 3. The quantitative estimate of drug-likeness (QED) is 0.431. The molecule has 3 rings (SSSR count). The highest BCUT2D eigenvalue weighted by molar-refractivity contribution is 7.12. The SMILES string of the molecule is CCOC(=O)Oc1ccc(C(=O)NCc2ccccc2NC(=O)c2cccs2)cc1. The van der Waals surface area contributed by atoms with Crippen LogP contribution >= 0.6 is 11.3 Å². The number of thiophene rings is 1. The van der Waals surface area contributed by atoms with Gasteiger partial charge in [-0.25, -0.2) is 4.79 Å². The Labute approximate surface area is 177 Å². The number of anilines is 1. The van der Waals surface area contributed by atoms with Gasteiger partial charge >= 0.3 is 6.16 Å². The molecule has 0 spiro atoms. The van der Waals surface area contributed by atoms with Gasteiger partial charge in [0, 0.05) is 17.8 Å². The van der Waals surface area contributed by atoms with E-state index in [1.165, 1.54) is 23.5 Å². The minimum Gasteiger partial charge on any atom is -0.434 e. The molecule has 2 N–H and O–H groups in total. The van der Waals surface area contributed by atoms with Crippen LogP contribution < -0.4 is 15.4 Å². The average Bonchev–Trinajstić information content (AvgIpc) is 3.29. The van der Waals surface area contributed by atoms with Crippen LogP contribution in [0.5, 0.6) is 5.75 Å². The fourth-order valence-corrected chi connectivity index (χ4v) is 3.20. The Morgan fingerprint density at radius 2 is 1.70 bits per heavy atom. The number of nitrogens with one attached hydrogen (secondary N) is 2. The van der Waals surface area contributed by atoms with Gasteiger partial charge in [0.05, 0.1) is 11.5 Å². The second kappa shape index (κ2) is 10.2. The molecular formula is C22H20N2O5S. The normalized spacial score (nSPS) is 10.2. The van der Waals surface area contributed by atoms with Crippen LogP contribution in [0.15, 0.2) is 66.0 Å². The molecule has 0 unspecified atom stereocenters. The first-order valence-corrected chi connectivity index (χ1v) is 10.1. The first kappa shape index (κ1) is 21.1.